The molecule has 2 aliphatic rings. The number of thiophene rings is 1. The van der Waals surface area contributed by atoms with E-state index in [2.05, 4.69) is 5.32 Å². The van der Waals surface area contributed by atoms with Crippen molar-refractivity contribution in [1.29, 1.82) is 0 Å². The first-order valence-corrected chi connectivity index (χ1v) is 12.8. The van der Waals surface area contributed by atoms with Gasteiger partial charge in [-0.15, -0.1) is 11.3 Å². The molecular weight excluding hydrogens is 450 g/mol. The van der Waals surface area contributed by atoms with E-state index in [0.29, 0.717) is 32.8 Å². The highest BCUT2D eigenvalue weighted by molar-refractivity contribution is 7.91. The van der Waals surface area contributed by atoms with Crippen molar-refractivity contribution in [3.63, 3.8) is 0 Å². The van der Waals surface area contributed by atoms with Crippen molar-refractivity contribution in [2.75, 3.05) is 37.7 Å². The van der Waals surface area contributed by atoms with Gasteiger partial charge in [-0.2, -0.15) is 4.31 Å². The monoisotopic (exact) mass is 477 g/mol. The average Bonchev–Trinajstić information content (AvgIpc) is 3.42. The van der Waals surface area contributed by atoms with Gasteiger partial charge in [0.25, 0.3) is 10.0 Å². The molecule has 2 amide bonds. The number of carbonyl (C=O) groups is 2. The SMILES string of the molecule is Cc1ccc(N2C[C@@H](C(=O)NCc3ccc(S(=O)(=O)N4CCOCC4)s3)CC2=O)cc1C. The van der Waals surface area contributed by atoms with Crippen LogP contribution < -0.4 is 10.2 Å². The summed E-state index contributed by atoms with van der Waals surface area (Å²) < 4.78 is 32.4. The highest BCUT2D eigenvalue weighted by Gasteiger charge is 2.35. The van der Waals surface area contributed by atoms with Gasteiger partial charge in [0, 0.05) is 36.6 Å². The van der Waals surface area contributed by atoms with Gasteiger partial charge in [0.05, 0.1) is 25.7 Å². The molecule has 1 aromatic heterocycles. The van der Waals surface area contributed by atoms with Crippen molar-refractivity contribution in [2.24, 2.45) is 5.92 Å². The number of sulfonamides is 1. The summed E-state index contributed by atoms with van der Waals surface area (Å²) in [6.07, 6.45) is 0.167. The number of morpholine rings is 1. The fourth-order valence-corrected chi connectivity index (χ4v) is 6.71. The Morgan fingerprint density at radius 2 is 1.91 bits per heavy atom. The zero-order valence-electron chi connectivity index (χ0n) is 18.2. The standard InChI is InChI=1S/C22H27N3O5S2/c1-15-3-4-18(11-16(15)2)25-14-17(12-20(25)26)22(27)23-13-19-5-6-21(31-19)32(28,29)24-7-9-30-10-8-24/h3-6,11,17H,7-10,12-14H2,1-2H3,(H,23,27)/t17-/m0/s1. The van der Waals surface area contributed by atoms with Gasteiger partial charge in [-0.3, -0.25) is 9.59 Å². The Morgan fingerprint density at radius 1 is 1.16 bits per heavy atom. The molecule has 4 rings (SSSR count). The Balaban J connectivity index is 1.35. The molecule has 0 saturated carbocycles. The lowest BCUT2D eigenvalue weighted by molar-refractivity contribution is -0.126. The molecule has 2 aromatic rings. The van der Waals surface area contributed by atoms with Crippen LogP contribution in [0.2, 0.25) is 0 Å². The van der Waals surface area contributed by atoms with Gasteiger partial charge in [0.2, 0.25) is 11.8 Å². The van der Waals surface area contributed by atoms with E-state index < -0.39 is 15.9 Å². The highest BCUT2D eigenvalue weighted by atomic mass is 32.2. The molecule has 1 atom stereocenters. The van der Waals surface area contributed by atoms with Gasteiger partial charge in [0.15, 0.2) is 0 Å². The normalized spacial score (nSPS) is 20.0. The first-order valence-electron chi connectivity index (χ1n) is 10.6. The predicted molar refractivity (Wildman–Crippen MR) is 122 cm³/mol. The Kier molecular flexibility index (Phi) is 6.66. The van der Waals surface area contributed by atoms with E-state index in [1.165, 1.54) is 4.31 Å². The molecule has 1 aromatic carbocycles. The molecule has 3 heterocycles. The van der Waals surface area contributed by atoms with E-state index in [0.717, 1.165) is 33.0 Å². The third-order valence-corrected chi connectivity index (χ3v) is 9.39. The van der Waals surface area contributed by atoms with Gasteiger partial charge in [-0.25, -0.2) is 8.42 Å². The van der Waals surface area contributed by atoms with Crippen molar-refractivity contribution < 1.29 is 22.7 Å². The second-order valence-electron chi connectivity index (χ2n) is 8.13. The lowest BCUT2D eigenvalue weighted by Crippen LogP contribution is -2.40. The van der Waals surface area contributed by atoms with Crippen molar-refractivity contribution >= 4 is 38.9 Å². The van der Waals surface area contributed by atoms with Gasteiger partial charge in [-0.1, -0.05) is 6.07 Å². The van der Waals surface area contributed by atoms with Crippen LogP contribution in [0.1, 0.15) is 22.4 Å². The summed E-state index contributed by atoms with van der Waals surface area (Å²) in [5, 5.41) is 2.86. The van der Waals surface area contributed by atoms with Crippen LogP contribution in [0.4, 0.5) is 5.69 Å². The van der Waals surface area contributed by atoms with Crippen molar-refractivity contribution in [3.8, 4) is 0 Å². The number of amides is 2. The van der Waals surface area contributed by atoms with E-state index >= 15 is 0 Å². The maximum absolute atomic E-state index is 12.8. The Bertz CT molecular complexity index is 1120. The number of nitrogens with zero attached hydrogens (tertiary/aromatic N) is 2. The topological polar surface area (TPSA) is 96.0 Å². The van der Waals surface area contributed by atoms with Crippen LogP contribution in [-0.2, 0) is 30.9 Å². The molecular formula is C22H27N3O5S2. The van der Waals surface area contributed by atoms with E-state index in [-0.39, 0.29) is 29.0 Å². The second-order valence-corrected chi connectivity index (χ2v) is 11.5. The summed E-state index contributed by atoms with van der Waals surface area (Å²) in [5.41, 5.74) is 3.06. The Hall–Kier alpha value is -2.27. The van der Waals surface area contributed by atoms with Crippen LogP contribution in [0.25, 0.3) is 0 Å². The minimum atomic E-state index is -3.54. The highest BCUT2D eigenvalue weighted by Crippen LogP contribution is 2.28. The summed E-state index contributed by atoms with van der Waals surface area (Å²) in [4.78, 5) is 27.6. The summed E-state index contributed by atoms with van der Waals surface area (Å²) in [6, 6.07) is 9.15. The quantitative estimate of drug-likeness (QED) is 0.687. The molecule has 2 saturated heterocycles. The number of benzene rings is 1. The first kappa shape index (κ1) is 22.9. The molecule has 0 spiro atoms. The molecule has 32 heavy (non-hydrogen) atoms. The molecule has 8 nitrogen and oxygen atoms in total. The van der Waals surface area contributed by atoms with Gasteiger partial charge >= 0.3 is 0 Å². The summed E-state index contributed by atoms with van der Waals surface area (Å²) >= 11 is 1.16. The molecule has 1 N–H and O–H groups in total. The number of hydrogen-bond donors (Lipinski definition) is 1. The average molecular weight is 478 g/mol. The lowest BCUT2D eigenvalue weighted by Gasteiger charge is -2.25. The number of nitrogens with one attached hydrogen (secondary N) is 1. The van der Waals surface area contributed by atoms with E-state index in [1.54, 1.807) is 17.0 Å². The fourth-order valence-electron chi connectivity index (χ4n) is 3.85. The minimum absolute atomic E-state index is 0.0663. The predicted octanol–water partition coefficient (Wildman–Crippen LogP) is 2.06. The number of anilines is 1. The summed E-state index contributed by atoms with van der Waals surface area (Å²) in [5.74, 6) is -0.695. The molecule has 10 heteroatoms. The van der Waals surface area contributed by atoms with E-state index in [9.17, 15) is 18.0 Å². The first-order chi connectivity index (χ1) is 15.3. The van der Waals surface area contributed by atoms with Crippen LogP contribution in [0.3, 0.4) is 0 Å². The van der Waals surface area contributed by atoms with Crippen LogP contribution in [0, 0.1) is 19.8 Å². The molecule has 0 radical (unpaired) electrons. The van der Waals surface area contributed by atoms with Crippen LogP contribution in [-0.4, -0.2) is 57.4 Å². The number of ether oxygens (including phenoxy) is 1. The largest absolute Gasteiger partial charge is 0.379 e. The molecule has 0 unspecified atom stereocenters. The fraction of sp³-hybridized carbons (Fsp3) is 0.455. The maximum atomic E-state index is 12.8. The third kappa shape index (κ3) is 4.73. The zero-order chi connectivity index (χ0) is 22.9. The van der Waals surface area contributed by atoms with E-state index in [1.807, 2.05) is 32.0 Å². The van der Waals surface area contributed by atoms with Crippen LogP contribution in [0.15, 0.2) is 34.5 Å². The number of carbonyl (C=O) groups excluding carboxylic acids is 2. The minimum Gasteiger partial charge on any atom is -0.379 e. The number of aryl methyl sites for hydroxylation is 2. The lowest BCUT2D eigenvalue weighted by atomic mass is 10.1. The molecule has 172 valence electrons. The van der Waals surface area contributed by atoms with Gasteiger partial charge in [-0.05, 0) is 49.2 Å². The third-order valence-electron chi connectivity index (χ3n) is 5.94. The Morgan fingerprint density at radius 3 is 2.62 bits per heavy atom. The molecule has 0 bridgehead atoms. The van der Waals surface area contributed by atoms with Gasteiger partial charge in [0.1, 0.15) is 4.21 Å². The second kappa shape index (κ2) is 9.30. The summed E-state index contributed by atoms with van der Waals surface area (Å²) in [6.45, 7) is 6.07. The number of hydrogen-bond acceptors (Lipinski definition) is 6. The van der Waals surface area contributed by atoms with Crippen molar-refractivity contribution in [3.05, 3.63) is 46.3 Å². The van der Waals surface area contributed by atoms with Crippen LogP contribution in [0.5, 0.6) is 0 Å². The zero-order valence-corrected chi connectivity index (χ0v) is 19.8. The molecule has 2 aliphatic heterocycles. The van der Waals surface area contributed by atoms with E-state index in [4.69, 9.17) is 4.74 Å². The number of rotatable bonds is 6. The molecule has 0 aliphatic carbocycles. The van der Waals surface area contributed by atoms with Crippen molar-refractivity contribution in [1.82, 2.24) is 9.62 Å². The molecule has 2 fully saturated rings. The summed E-state index contributed by atoms with van der Waals surface area (Å²) in [7, 11) is -3.54. The van der Waals surface area contributed by atoms with Crippen LogP contribution >= 0.6 is 11.3 Å². The maximum Gasteiger partial charge on any atom is 0.252 e. The Labute approximate surface area is 192 Å². The van der Waals surface area contributed by atoms with Crippen molar-refractivity contribution in [2.45, 2.75) is 31.0 Å². The van der Waals surface area contributed by atoms with Gasteiger partial charge < -0.3 is 15.0 Å². The smallest absolute Gasteiger partial charge is 0.252 e.